The molecule has 20 heavy (non-hydrogen) atoms. The van der Waals surface area contributed by atoms with E-state index in [9.17, 15) is 9.90 Å². The highest BCUT2D eigenvalue weighted by atomic mass is 16.5. The minimum atomic E-state index is -0.720. The second kappa shape index (κ2) is 9.19. The number of urea groups is 1. The van der Waals surface area contributed by atoms with Gasteiger partial charge in [-0.2, -0.15) is 0 Å². The summed E-state index contributed by atoms with van der Waals surface area (Å²) in [6.45, 7) is 6.25. The van der Waals surface area contributed by atoms with Crippen molar-refractivity contribution in [2.45, 2.75) is 58.0 Å². The quantitative estimate of drug-likeness (QED) is 0.495. The molecule has 1 saturated carbocycles. The van der Waals surface area contributed by atoms with Crippen LogP contribution in [-0.2, 0) is 4.74 Å². The van der Waals surface area contributed by atoms with Gasteiger partial charge in [0.2, 0.25) is 0 Å². The molecule has 1 aliphatic rings. The van der Waals surface area contributed by atoms with Gasteiger partial charge in [0.25, 0.3) is 0 Å². The molecule has 0 radical (unpaired) electrons. The molecular weight excluding hydrogens is 256 g/mol. The summed E-state index contributed by atoms with van der Waals surface area (Å²) in [4.78, 5) is 11.6. The van der Waals surface area contributed by atoms with Crippen molar-refractivity contribution in [3.8, 4) is 0 Å². The molecular formula is C15H30N2O3. The van der Waals surface area contributed by atoms with Crippen molar-refractivity contribution in [1.82, 2.24) is 10.6 Å². The van der Waals surface area contributed by atoms with Gasteiger partial charge in [0, 0.05) is 19.7 Å². The smallest absolute Gasteiger partial charge is 0.314 e. The molecule has 0 heterocycles. The number of hydrogen-bond acceptors (Lipinski definition) is 3. The Labute approximate surface area is 122 Å². The van der Waals surface area contributed by atoms with Crippen molar-refractivity contribution in [1.29, 1.82) is 0 Å². The fraction of sp³-hybridized carbons (Fsp3) is 0.933. The number of rotatable bonds is 7. The van der Waals surface area contributed by atoms with Gasteiger partial charge in [0.1, 0.15) is 0 Å². The van der Waals surface area contributed by atoms with Crippen LogP contribution in [0, 0.1) is 5.92 Å². The molecule has 0 aromatic heterocycles. The molecule has 0 spiro atoms. The molecule has 5 heteroatoms. The fourth-order valence-corrected chi connectivity index (χ4v) is 2.43. The van der Waals surface area contributed by atoms with Crippen LogP contribution in [0.5, 0.6) is 0 Å². The molecule has 0 aromatic rings. The molecule has 3 N–H and O–H groups in total. The van der Waals surface area contributed by atoms with E-state index < -0.39 is 5.60 Å². The van der Waals surface area contributed by atoms with E-state index in [0.717, 1.165) is 25.7 Å². The Morgan fingerprint density at radius 2 is 1.85 bits per heavy atom. The predicted molar refractivity (Wildman–Crippen MR) is 79.7 cm³/mol. The monoisotopic (exact) mass is 286 g/mol. The molecule has 118 valence electrons. The number of carbonyl (C=O) groups excluding carboxylic acids is 1. The number of carbonyl (C=O) groups is 1. The van der Waals surface area contributed by atoms with Gasteiger partial charge in [-0.05, 0) is 18.8 Å². The topological polar surface area (TPSA) is 70.6 Å². The first-order chi connectivity index (χ1) is 9.52. The largest absolute Gasteiger partial charge is 0.388 e. The lowest BCUT2D eigenvalue weighted by molar-refractivity contribution is 0.0276. The van der Waals surface area contributed by atoms with Crippen LogP contribution in [0.3, 0.4) is 0 Å². The number of hydrogen-bond donors (Lipinski definition) is 3. The summed E-state index contributed by atoms with van der Waals surface area (Å²) >= 11 is 0. The Morgan fingerprint density at radius 3 is 2.45 bits per heavy atom. The SMILES string of the molecule is CC(C)COCCNC(=O)NCC1(O)CCCCCC1. The minimum absolute atomic E-state index is 0.226. The predicted octanol–water partition coefficient (Wildman–Crippen LogP) is 2.04. The van der Waals surface area contributed by atoms with Crippen LogP contribution in [0.15, 0.2) is 0 Å². The molecule has 5 nitrogen and oxygen atoms in total. The molecule has 0 atom stereocenters. The molecule has 1 fully saturated rings. The first-order valence-corrected chi connectivity index (χ1v) is 7.84. The van der Waals surface area contributed by atoms with E-state index >= 15 is 0 Å². The van der Waals surface area contributed by atoms with E-state index in [1.165, 1.54) is 12.8 Å². The molecule has 2 amide bonds. The van der Waals surface area contributed by atoms with Crippen molar-refractivity contribution in [2.75, 3.05) is 26.3 Å². The van der Waals surface area contributed by atoms with Crippen molar-refractivity contribution >= 4 is 6.03 Å². The summed E-state index contributed by atoms with van der Waals surface area (Å²) in [6.07, 6.45) is 6.02. The molecule has 1 rings (SSSR count). The van der Waals surface area contributed by atoms with Crippen LogP contribution in [0.1, 0.15) is 52.4 Å². The molecule has 0 aromatic carbocycles. The third kappa shape index (κ3) is 7.70. The summed E-state index contributed by atoms with van der Waals surface area (Å²) in [5, 5.41) is 15.9. The minimum Gasteiger partial charge on any atom is -0.388 e. The van der Waals surface area contributed by atoms with E-state index in [-0.39, 0.29) is 6.03 Å². The lowest BCUT2D eigenvalue weighted by atomic mass is 9.95. The van der Waals surface area contributed by atoms with Gasteiger partial charge in [-0.25, -0.2) is 4.79 Å². The Bertz CT molecular complexity index is 274. The highest BCUT2D eigenvalue weighted by Gasteiger charge is 2.28. The van der Waals surface area contributed by atoms with Crippen molar-refractivity contribution in [2.24, 2.45) is 5.92 Å². The highest BCUT2D eigenvalue weighted by Crippen LogP contribution is 2.26. The molecule has 0 aliphatic heterocycles. The molecule has 0 bridgehead atoms. The highest BCUT2D eigenvalue weighted by molar-refractivity contribution is 5.73. The summed E-state index contributed by atoms with van der Waals surface area (Å²) in [7, 11) is 0. The summed E-state index contributed by atoms with van der Waals surface area (Å²) in [5.74, 6) is 0.508. The second-order valence-electron chi connectivity index (χ2n) is 6.22. The summed E-state index contributed by atoms with van der Waals surface area (Å²) in [5.41, 5.74) is -0.720. The van der Waals surface area contributed by atoms with Gasteiger partial charge in [-0.15, -0.1) is 0 Å². The van der Waals surface area contributed by atoms with Gasteiger partial charge in [0.05, 0.1) is 12.2 Å². The first-order valence-electron chi connectivity index (χ1n) is 7.84. The van der Waals surface area contributed by atoms with Crippen LogP contribution in [0.2, 0.25) is 0 Å². The Hall–Kier alpha value is -0.810. The van der Waals surface area contributed by atoms with Crippen molar-refractivity contribution in [3.63, 3.8) is 0 Å². The number of ether oxygens (including phenoxy) is 1. The maximum absolute atomic E-state index is 11.6. The van der Waals surface area contributed by atoms with Crippen LogP contribution < -0.4 is 10.6 Å². The van der Waals surface area contributed by atoms with Gasteiger partial charge in [-0.1, -0.05) is 39.5 Å². The van der Waals surface area contributed by atoms with Crippen LogP contribution in [-0.4, -0.2) is 43.0 Å². The molecule has 0 unspecified atom stereocenters. The molecule has 1 aliphatic carbocycles. The van der Waals surface area contributed by atoms with Gasteiger partial charge < -0.3 is 20.5 Å². The lowest BCUT2D eigenvalue weighted by Gasteiger charge is -2.26. The number of nitrogens with one attached hydrogen (secondary N) is 2. The third-order valence-corrected chi connectivity index (χ3v) is 3.60. The Morgan fingerprint density at radius 1 is 1.20 bits per heavy atom. The summed E-state index contributed by atoms with van der Waals surface area (Å²) < 4.78 is 5.38. The fourth-order valence-electron chi connectivity index (χ4n) is 2.43. The van der Waals surface area contributed by atoms with E-state index in [0.29, 0.717) is 32.2 Å². The number of aliphatic hydroxyl groups is 1. The zero-order chi connectivity index (χ0) is 14.8. The lowest BCUT2D eigenvalue weighted by Crippen LogP contribution is -2.46. The van der Waals surface area contributed by atoms with Gasteiger partial charge >= 0.3 is 6.03 Å². The summed E-state index contributed by atoms with van der Waals surface area (Å²) in [6, 6.07) is -0.226. The van der Waals surface area contributed by atoms with E-state index in [2.05, 4.69) is 24.5 Å². The first kappa shape index (κ1) is 17.2. The van der Waals surface area contributed by atoms with E-state index in [4.69, 9.17) is 4.74 Å². The third-order valence-electron chi connectivity index (χ3n) is 3.60. The van der Waals surface area contributed by atoms with Crippen LogP contribution >= 0.6 is 0 Å². The van der Waals surface area contributed by atoms with Gasteiger partial charge in [0.15, 0.2) is 0 Å². The van der Waals surface area contributed by atoms with Gasteiger partial charge in [-0.3, -0.25) is 0 Å². The zero-order valence-corrected chi connectivity index (χ0v) is 12.9. The normalized spacial score (nSPS) is 18.6. The number of amides is 2. The average molecular weight is 286 g/mol. The average Bonchev–Trinajstić information content (AvgIpc) is 2.61. The zero-order valence-electron chi connectivity index (χ0n) is 12.9. The standard InChI is InChI=1S/C15H30N2O3/c1-13(2)11-20-10-9-16-14(18)17-12-15(19)7-5-3-4-6-8-15/h13,19H,3-12H2,1-2H3,(H2,16,17,18). The van der Waals surface area contributed by atoms with Crippen molar-refractivity contribution in [3.05, 3.63) is 0 Å². The van der Waals surface area contributed by atoms with E-state index in [1.807, 2.05) is 0 Å². The molecule has 0 saturated heterocycles. The Balaban J connectivity index is 2.09. The maximum Gasteiger partial charge on any atom is 0.314 e. The second-order valence-corrected chi connectivity index (χ2v) is 6.22. The van der Waals surface area contributed by atoms with Crippen LogP contribution in [0.4, 0.5) is 4.79 Å². The van der Waals surface area contributed by atoms with Crippen molar-refractivity contribution < 1.29 is 14.6 Å². The van der Waals surface area contributed by atoms with Crippen LogP contribution in [0.25, 0.3) is 0 Å². The Kier molecular flexibility index (Phi) is 7.92. The maximum atomic E-state index is 11.6. The van der Waals surface area contributed by atoms with E-state index in [1.54, 1.807) is 0 Å².